The van der Waals surface area contributed by atoms with Crippen molar-refractivity contribution in [3.8, 4) is 0 Å². The van der Waals surface area contributed by atoms with Crippen molar-refractivity contribution in [2.75, 3.05) is 0 Å². The molecule has 1 nitrogen and oxygen atoms in total. The first-order valence-corrected chi connectivity index (χ1v) is 12.0. The monoisotopic (exact) mass is 199 g/mol. The summed E-state index contributed by atoms with van der Waals surface area (Å²) in [5.41, 5.74) is 0. The molecular weight excluding hydrogens is 186 g/mol. The van der Waals surface area contributed by atoms with Crippen LogP contribution in [-0.4, -0.2) is 24.3 Å². The van der Waals surface area contributed by atoms with E-state index in [1.54, 1.807) is 0 Å². The van der Waals surface area contributed by atoms with Crippen LogP contribution in [0.5, 0.6) is 0 Å². The third-order valence-corrected chi connectivity index (χ3v) is 0. The SMILES string of the molecule is O.[CH3][Sb]([CH3])([CH3])[CH3]. The van der Waals surface area contributed by atoms with Crippen molar-refractivity contribution in [1.29, 1.82) is 0 Å². The van der Waals surface area contributed by atoms with Crippen LogP contribution >= 0.6 is 0 Å². The summed E-state index contributed by atoms with van der Waals surface area (Å²) >= 11 is -1.10. The fraction of sp³-hybridized carbons (Fsp3) is 1.00. The predicted molar refractivity (Wildman–Crippen MR) is 32.8 cm³/mol. The van der Waals surface area contributed by atoms with Gasteiger partial charge < -0.3 is 5.48 Å². The van der Waals surface area contributed by atoms with Crippen LogP contribution in [-0.2, 0) is 0 Å². The summed E-state index contributed by atoms with van der Waals surface area (Å²) in [6.07, 6.45) is 0. The van der Waals surface area contributed by atoms with Gasteiger partial charge in [-0.15, -0.1) is 0 Å². The third-order valence-electron chi connectivity index (χ3n) is 0. The van der Waals surface area contributed by atoms with Gasteiger partial charge in [0.25, 0.3) is 0 Å². The summed E-state index contributed by atoms with van der Waals surface area (Å²) in [4.78, 5) is 9.55. The number of rotatable bonds is 0. The molecule has 0 aliphatic heterocycles. The van der Waals surface area contributed by atoms with Gasteiger partial charge in [0.2, 0.25) is 0 Å². The van der Waals surface area contributed by atoms with Crippen molar-refractivity contribution in [2.24, 2.45) is 0 Å². The van der Waals surface area contributed by atoms with Gasteiger partial charge in [0.1, 0.15) is 0 Å². The van der Waals surface area contributed by atoms with Crippen LogP contribution < -0.4 is 0 Å². The van der Waals surface area contributed by atoms with E-state index < -0.39 is 18.8 Å². The maximum atomic E-state index is 2.39. The molecule has 0 aliphatic rings. The molecule has 0 aromatic heterocycles. The molecule has 0 rings (SSSR count). The van der Waals surface area contributed by atoms with Crippen molar-refractivity contribution in [2.45, 2.75) is 19.5 Å². The van der Waals surface area contributed by atoms with Crippen molar-refractivity contribution >= 4 is 18.8 Å². The third kappa shape index (κ3) is 113. The Kier molecular flexibility index (Phi) is 4.74. The fourth-order valence-corrected chi connectivity index (χ4v) is 0. The van der Waals surface area contributed by atoms with E-state index in [4.69, 9.17) is 0 Å². The summed E-state index contributed by atoms with van der Waals surface area (Å²) < 4.78 is 0. The van der Waals surface area contributed by atoms with E-state index in [-0.39, 0.29) is 5.48 Å². The maximum absolute atomic E-state index is 2.39. The second kappa shape index (κ2) is 2.87. The number of hydrogen-bond acceptors (Lipinski definition) is 0. The molecule has 0 bridgehead atoms. The summed E-state index contributed by atoms with van der Waals surface area (Å²) in [6.45, 7) is 0. The quantitative estimate of drug-likeness (QED) is 0.525. The van der Waals surface area contributed by atoms with Gasteiger partial charge in [-0.05, 0) is 0 Å². The molecule has 2 heteroatoms. The van der Waals surface area contributed by atoms with Gasteiger partial charge in [0.15, 0.2) is 0 Å². The Morgan fingerprint density at radius 3 is 0.833 bits per heavy atom. The molecular formula is C4H14OSb. The molecule has 0 atom stereocenters. The van der Waals surface area contributed by atoms with E-state index in [1.807, 2.05) is 0 Å². The van der Waals surface area contributed by atoms with Gasteiger partial charge in [-0.2, -0.15) is 0 Å². The van der Waals surface area contributed by atoms with E-state index in [2.05, 4.69) is 19.5 Å². The summed E-state index contributed by atoms with van der Waals surface area (Å²) in [7, 11) is 0. The Morgan fingerprint density at radius 2 is 0.833 bits per heavy atom. The van der Waals surface area contributed by atoms with E-state index >= 15 is 0 Å². The van der Waals surface area contributed by atoms with Gasteiger partial charge in [0.05, 0.1) is 0 Å². The van der Waals surface area contributed by atoms with E-state index in [0.717, 1.165) is 0 Å². The molecule has 0 unspecified atom stereocenters. The van der Waals surface area contributed by atoms with Crippen molar-refractivity contribution in [3.63, 3.8) is 0 Å². The van der Waals surface area contributed by atoms with Gasteiger partial charge in [-0.25, -0.2) is 0 Å². The standard InChI is InChI=1S/4CH3.H2O.Sb/h4*1H3;1H2;. The normalized spacial score (nSPS) is 10.0. The van der Waals surface area contributed by atoms with Crippen LogP contribution in [0.2, 0.25) is 19.5 Å². The molecule has 0 saturated carbocycles. The molecule has 0 heterocycles. The molecule has 0 aromatic rings. The van der Waals surface area contributed by atoms with Crippen LogP contribution in [0.3, 0.4) is 0 Å². The van der Waals surface area contributed by atoms with Crippen LogP contribution in [0, 0.1) is 0 Å². The summed E-state index contributed by atoms with van der Waals surface area (Å²) in [6, 6.07) is 0. The van der Waals surface area contributed by atoms with Crippen molar-refractivity contribution in [1.82, 2.24) is 0 Å². The zero-order chi connectivity index (χ0) is 4.50. The molecule has 2 N–H and O–H groups in total. The van der Waals surface area contributed by atoms with Crippen molar-refractivity contribution < 1.29 is 5.48 Å². The van der Waals surface area contributed by atoms with E-state index in [9.17, 15) is 0 Å². The zero-order valence-corrected chi connectivity index (χ0v) is 7.50. The first-order chi connectivity index (χ1) is 2.00. The van der Waals surface area contributed by atoms with Crippen LogP contribution in [0.15, 0.2) is 0 Å². The summed E-state index contributed by atoms with van der Waals surface area (Å²) in [5.74, 6) is 0. The molecule has 0 spiro atoms. The van der Waals surface area contributed by atoms with Crippen molar-refractivity contribution in [3.05, 3.63) is 0 Å². The molecule has 0 aromatic carbocycles. The average Bonchev–Trinajstić information content (AvgIpc) is 0.722. The Bertz CT molecular complexity index is 23.0. The van der Waals surface area contributed by atoms with Gasteiger partial charge in [0, 0.05) is 0 Å². The van der Waals surface area contributed by atoms with E-state index in [1.165, 1.54) is 0 Å². The number of hydrogen-bond donors (Lipinski definition) is 0. The van der Waals surface area contributed by atoms with E-state index in [0.29, 0.717) is 0 Å². The van der Waals surface area contributed by atoms with Gasteiger partial charge in [-0.1, -0.05) is 0 Å². The first kappa shape index (κ1) is 9.91. The molecule has 0 saturated heterocycles. The Labute approximate surface area is 44.1 Å². The molecule has 0 fully saturated rings. The summed E-state index contributed by atoms with van der Waals surface area (Å²) in [5, 5.41) is 0. The zero-order valence-electron chi connectivity index (χ0n) is 4.95. The first-order valence-electron chi connectivity index (χ1n) is 1.79. The second-order valence-corrected chi connectivity index (χ2v) is 18.0. The van der Waals surface area contributed by atoms with Crippen LogP contribution in [0.1, 0.15) is 0 Å². The van der Waals surface area contributed by atoms with Crippen LogP contribution in [0.4, 0.5) is 0 Å². The Morgan fingerprint density at radius 1 is 0.833 bits per heavy atom. The molecule has 41 valence electrons. The Hall–Kier alpha value is 0.778. The topological polar surface area (TPSA) is 31.5 Å². The fourth-order valence-electron chi connectivity index (χ4n) is 0. The van der Waals surface area contributed by atoms with Crippen LogP contribution in [0.25, 0.3) is 0 Å². The molecule has 0 amide bonds. The average molecular weight is 200 g/mol. The second-order valence-electron chi connectivity index (χ2n) is 2.68. The van der Waals surface area contributed by atoms with Gasteiger partial charge in [-0.3, -0.25) is 0 Å². The minimum absolute atomic E-state index is 0. The molecule has 6 heavy (non-hydrogen) atoms. The predicted octanol–water partition coefficient (Wildman–Crippen LogP) is 1.13. The molecule has 0 aliphatic carbocycles. The minimum atomic E-state index is -1.10. The van der Waals surface area contributed by atoms with Gasteiger partial charge >= 0.3 is 38.3 Å². The Balaban J connectivity index is 0. The molecule has 1 radical (unpaired) electrons.